The third-order valence-electron chi connectivity index (χ3n) is 3.01. The van der Waals surface area contributed by atoms with Gasteiger partial charge in [-0.15, -0.1) is 0 Å². The Labute approximate surface area is 134 Å². The van der Waals surface area contributed by atoms with Crippen molar-refractivity contribution in [2.45, 2.75) is 19.8 Å². The lowest BCUT2D eigenvalue weighted by atomic mass is 10.2. The molecule has 0 atom stereocenters. The van der Waals surface area contributed by atoms with Crippen LogP contribution in [0.1, 0.15) is 18.4 Å². The van der Waals surface area contributed by atoms with Gasteiger partial charge in [-0.05, 0) is 49.2 Å². The first-order valence-corrected chi connectivity index (χ1v) is 7.37. The number of benzene rings is 2. The number of anilines is 1. The van der Waals surface area contributed by atoms with Crippen molar-refractivity contribution >= 4 is 23.2 Å². The molecule has 1 N–H and O–H groups in total. The van der Waals surface area contributed by atoms with Crippen molar-refractivity contribution < 1.29 is 13.9 Å². The zero-order valence-corrected chi connectivity index (χ0v) is 13.0. The van der Waals surface area contributed by atoms with Crippen LogP contribution in [0.25, 0.3) is 0 Å². The Morgan fingerprint density at radius 2 is 2.09 bits per heavy atom. The van der Waals surface area contributed by atoms with Gasteiger partial charge in [-0.3, -0.25) is 4.79 Å². The largest absolute Gasteiger partial charge is 0.494 e. The second kappa shape index (κ2) is 7.80. The zero-order valence-electron chi connectivity index (χ0n) is 12.2. The van der Waals surface area contributed by atoms with E-state index in [2.05, 4.69) is 5.32 Å². The number of hydrogen-bond donors (Lipinski definition) is 1. The van der Waals surface area contributed by atoms with Gasteiger partial charge in [-0.2, -0.15) is 0 Å². The number of nitrogens with one attached hydrogen (secondary N) is 1. The summed E-state index contributed by atoms with van der Waals surface area (Å²) in [4.78, 5) is 11.8. The Morgan fingerprint density at radius 1 is 1.27 bits per heavy atom. The van der Waals surface area contributed by atoms with Crippen LogP contribution in [-0.4, -0.2) is 12.5 Å². The molecule has 0 bridgehead atoms. The van der Waals surface area contributed by atoms with Crippen LogP contribution in [0.15, 0.2) is 42.5 Å². The molecule has 0 radical (unpaired) electrons. The van der Waals surface area contributed by atoms with Crippen molar-refractivity contribution in [3.8, 4) is 5.75 Å². The van der Waals surface area contributed by atoms with Crippen LogP contribution in [0, 0.1) is 12.7 Å². The molecule has 0 fully saturated rings. The number of ether oxygens (including phenoxy) is 1. The topological polar surface area (TPSA) is 38.3 Å². The lowest BCUT2D eigenvalue weighted by Crippen LogP contribution is -2.13. The van der Waals surface area contributed by atoms with E-state index in [1.807, 2.05) is 31.2 Å². The summed E-state index contributed by atoms with van der Waals surface area (Å²) in [5.74, 6) is 0.179. The first-order chi connectivity index (χ1) is 10.5. The predicted molar refractivity (Wildman–Crippen MR) is 85.9 cm³/mol. The van der Waals surface area contributed by atoms with Gasteiger partial charge in [0.2, 0.25) is 5.91 Å². The number of aryl methyl sites for hydroxylation is 1. The Bertz CT molecular complexity index is 661. The minimum Gasteiger partial charge on any atom is -0.494 e. The highest BCUT2D eigenvalue weighted by atomic mass is 35.5. The average Bonchev–Trinajstić information content (AvgIpc) is 2.47. The molecule has 0 aliphatic rings. The first kappa shape index (κ1) is 16.3. The molecule has 0 spiro atoms. The van der Waals surface area contributed by atoms with E-state index in [4.69, 9.17) is 16.3 Å². The molecule has 0 aromatic heterocycles. The first-order valence-electron chi connectivity index (χ1n) is 6.99. The molecule has 2 rings (SSSR count). The number of amides is 1. The van der Waals surface area contributed by atoms with Crippen LogP contribution in [0.3, 0.4) is 0 Å². The number of carbonyl (C=O) groups excluding carboxylic acids is 1. The summed E-state index contributed by atoms with van der Waals surface area (Å²) in [6.07, 6.45) is 0.887. The molecule has 0 aliphatic heterocycles. The van der Waals surface area contributed by atoms with Gasteiger partial charge in [0, 0.05) is 6.42 Å². The van der Waals surface area contributed by atoms with Crippen molar-refractivity contribution in [1.29, 1.82) is 0 Å². The highest BCUT2D eigenvalue weighted by molar-refractivity contribution is 6.33. The summed E-state index contributed by atoms with van der Waals surface area (Å²) in [6.45, 7) is 2.45. The van der Waals surface area contributed by atoms with Crippen LogP contribution < -0.4 is 10.1 Å². The third-order valence-corrected chi connectivity index (χ3v) is 3.32. The molecule has 3 nitrogen and oxygen atoms in total. The molecule has 22 heavy (non-hydrogen) atoms. The predicted octanol–water partition coefficient (Wildman–Crippen LogP) is 4.59. The van der Waals surface area contributed by atoms with Gasteiger partial charge >= 0.3 is 0 Å². The van der Waals surface area contributed by atoms with Crippen LogP contribution in [0.4, 0.5) is 10.1 Å². The molecule has 0 unspecified atom stereocenters. The van der Waals surface area contributed by atoms with Crippen molar-refractivity contribution in [1.82, 2.24) is 0 Å². The number of carbonyl (C=O) groups is 1. The number of hydrogen-bond acceptors (Lipinski definition) is 2. The molecule has 0 heterocycles. The van der Waals surface area contributed by atoms with E-state index < -0.39 is 5.82 Å². The third kappa shape index (κ3) is 5.04. The molecule has 0 aliphatic carbocycles. The second-order valence-electron chi connectivity index (χ2n) is 4.94. The summed E-state index contributed by atoms with van der Waals surface area (Å²) in [7, 11) is 0. The fraction of sp³-hybridized carbons (Fsp3) is 0.235. The fourth-order valence-electron chi connectivity index (χ4n) is 1.93. The van der Waals surface area contributed by atoms with E-state index in [0.717, 1.165) is 17.4 Å². The average molecular weight is 322 g/mol. The van der Waals surface area contributed by atoms with Crippen molar-refractivity contribution in [2.24, 2.45) is 0 Å². The highest BCUT2D eigenvalue weighted by Crippen LogP contribution is 2.22. The Kier molecular flexibility index (Phi) is 5.78. The fourth-order valence-corrected chi connectivity index (χ4v) is 2.15. The van der Waals surface area contributed by atoms with E-state index in [0.29, 0.717) is 25.1 Å². The van der Waals surface area contributed by atoms with Gasteiger partial charge in [0.05, 0.1) is 17.3 Å². The van der Waals surface area contributed by atoms with Crippen molar-refractivity contribution in [3.63, 3.8) is 0 Å². The lowest BCUT2D eigenvalue weighted by molar-refractivity contribution is -0.116. The molecular weight excluding hydrogens is 305 g/mol. The maximum Gasteiger partial charge on any atom is 0.224 e. The quantitative estimate of drug-likeness (QED) is 0.790. The van der Waals surface area contributed by atoms with E-state index in [1.165, 1.54) is 12.1 Å². The summed E-state index contributed by atoms with van der Waals surface area (Å²) in [6, 6.07) is 11.6. The lowest BCUT2D eigenvalue weighted by Gasteiger charge is -2.08. The minimum atomic E-state index is -0.436. The van der Waals surface area contributed by atoms with Gasteiger partial charge in [0.15, 0.2) is 0 Å². The van der Waals surface area contributed by atoms with Crippen molar-refractivity contribution in [3.05, 3.63) is 58.9 Å². The maximum atomic E-state index is 12.9. The normalized spacial score (nSPS) is 10.3. The van der Waals surface area contributed by atoms with Crippen LogP contribution >= 0.6 is 11.6 Å². The van der Waals surface area contributed by atoms with Crippen LogP contribution in [0.5, 0.6) is 5.75 Å². The van der Waals surface area contributed by atoms with E-state index in [1.54, 1.807) is 0 Å². The zero-order chi connectivity index (χ0) is 15.9. The second-order valence-corrected chi connectivity index (χ2v) is 5.35. The highest BCUT2D eigenvalue weighted by Gasteiger charge is 2.07. The smallest absolute Gasteiger partial charge is 0.224 e. The Morgan fingerprint density at radius 3 is 2.82 bits per heavy atom. The number of halogens is 2. The summed E-state index contributed by atoms with van der Waals surface area (Å²) < 4.78 is 18.5. The standard InChI is InChI=1S/C17H17ClFNO2/c1-12-4-2-5-14(10-12)22-9-3-6-17(21)20-16-8-7-13(19)11-15(16)18/h2,4-5,7-8,10-11H,3,6,9H2,1H3,(H,20,21). The monoisotopic (exact) mass is 321 g/mol. The molecule has 0 saturated heterocycles. The van der Waals surface area contributed by atoms with Gasteiger partial charge in [0.25, 0.3) is 0 Å². The van der Waals surface area contributed by atoms with Crippen LogP contribution in [-0.2, 0) is 4.79 Å². The van der Waals surface area contributed by atoms with Gasteiger partial charge < -0.3 is 10.1 Å². The van der Waals surface area contributed by atoms with E-state index in [9.17, 15) is 9.18 Å². The van der Waals surface area contributed by atoms with Crippen molar-refractivity contribution in [2.75, 3.05) is 11.9 Å². The summed E-state index contributed by atoms with van der Waals surface area (Å²) in [5.41, 5.74) is 1.54. The molecule has 116 valence electrons. The molecule has 0 saturated carbocycles. The molecule has 2 aromatic carbocycles. The van der Waals surface area contributed by atoms with Gasteiger partial charge in [0.1, 0.15) is 11.6 Å². The van der Waals surface area contributed by atoms with E-state index >= 15 is 0 Å². The molecule has 2 aromatic rings. The van der Waals surface area contributed by atoms with Crippen LogP contribution in [0.2, 0.25) is 5.02 Å². The molecule has 1 amide bonds. The maximum absolute atomic E-state index is 12.9. The summed E-state index contributed by atoms with van der Waals surface area (Å²) in [5, 5.41) is 2.84. The SMILES string of the molecule is Cc1cccc(OCCCC(=O)Nc2ccc(F)cc2Cl)c1. The minimum absolute atomic E-state index is 0.179. The van der Waals surface area contributed by atoms with Gasteiger partial charge in [-0.25, -0.2) is 4.39 Å². The number of rotatable bonds is 6. The molecule has 5 heteroatoms. The Balaban J connectivity index is 1.74. The summed E-state index contributed by atoms with van der Waals surface area (Å²) >= 11 is 5.85. The van der Waals surface area contributed by atoms with Gasteiger partial charge in [-0.1, -0.05) is 23.7 Å². The Hall–Kier alpha value is -2.07. The molecular formula is C17H17ClFNO2. The van der Waals surface area contributed by atoms with E-state index in [-0.39, 0.29) is 10.9 Å².